The SMILES string of the molecule is CC(=O)Oc1ccc(Br)cc1C(=O)COS(=O)(=O)c1ccc(C)cc1. The molecule has 0 atom stereocenters. The zero-order valence-electron chi connectivity index (χ0n) is 13.5. The smallest absolute Gasteiger partial charge is 0.308 e. The zero-order valence-corrected chi connectivity index (χ0v) is 15.9. The molecular weight excluding hydrogens is 412 g/mol. The highest BCUT2D eigenvalue weighted by Crippen LogP contribution is 2.24. The molecule has 0 fully saturated rings. The predicted octanol–water partition coefficient (Wildman–Crippen LogP) is 3.27. The lowest BCUT2D eigenvalue weighted by Gasteiger charge is -2.09. The number of hydrogen-bond donors (Lipinski definition) is 0. The standard InChI is InChI=1S/C17H15BrO6S/c1-11-3-6-14(7-4-11)25(21,22)23-10-16(20)15-9-13(18)5-8-17(15)24-12(2)19/h3-9H,10H2,1-2H3. The molecule has 0 aromatic heterocycles. The summed E-state index contributed by atoms with van der Waals surface area (Å²) in [6, 6.07) is 10.5. The predicted molar refractivity (Wildman–Crippen MR) is 94.1 cm³/mol. The van der Waals surface area contributed by atoms with E-state index in [9.17, 15) is 18.0 Å². The highest BCUT2D eigenvalue weighted by Gasteiger charge is 2.20. The van der Waals surface area contributed by atoms with Gasteiger partial charge in [0, 0.05) is 11.4 Å². The first-order valence-electron chi connectivity index (χ1n) is 7.16. The van der Waals surface area contributed by atoms with Crippen molar-refractivity contribution in [1.82, 2.24) is 0 Å². The molecule has 2 aromatic rings. The van der Waals surface area contributed by atoms with Crippen molar-refractivity contribution in [2.75, 3.05) is 6.61 Å². The number of benzene rings is 2. The fourth-order valence-corrected chi connectivity index (χ4v) is 3.17. The van der Waals surface area contributed by atoms with Crippen LogP contribution in [0, 0.1) is 6.92 Å². The average molecular weight is 427 g/mol. The van der Waals surface area contributed by atoms with Crippen molar-refractivity contribution in [3.8, 4) is 5.75 Å². The van der Waals surface area contributed by atoms with Crippen molar-refractivity contribution in [2.45, 2.75) is 18.7 Å². The lowest BCUT2D eigenvalue weighted by atomic mass is 10.1. The van der Waals surface area contributed by atoms with E-state index in [0.29, 0.717) is 4.47 Å². The first-order valence-corrected chi connectivity index (χ1v) is 9.36. The van der Waals surface area contributed by atoms with Crippen LogP contribution in [0.2, 0.25) is 0 Å². The van der Waals surface area contributed by atoms with Crippen molar-refractivity contribution in [3.05, 3.63) is 58.1 Å². The molecule has 25 heavy (non-hydrogen) atoms. The molecule has 2 rings (SSSR count). The number of hydrogen-bond acceptors (Lipinski definition) is 6. The number of aryl methyl sites for hydroxylation is 1. The summed E-state index contributed by atoms with van der Waals surface area (Å²) in [4.78, 5) is 23.4. The number of halogens is 1. The second-order valence-corrected chi connectivity index (χ2v) is 7.72. The third kappa shape index (κ3) is 5.22. The largest absolute Gasteiger partial charge is 0.426 e. The molecule has 0 heterocycles. The van der Waals surface area contributed by atoms with Crippen molar-refractivity contribution < 1.29 is 26.9 Å². The van der Waals surface area contributed by atoms with Gasteiger partial charge >= 0.3 is 5.97 Å². The molecule has 8 heteroatoms. The van der Waals surface area contributed by atoms with Gasteiger partial charge in [0.2, 0.25) is 0 Å². The third-order valence-electron chi connectivity index (χ3n) is 3.15. The number of ether oxygens (including phenoxy) is 1. The van der Waals surface area contributed by atoms with E-state index in [1.807, 2.05) is 6.92 Å². The van der Waals surface area contributed by atoms with Crippen LogP contribution < -0.4 is 4.74 Å². The Kier molecular flexibility index (Phi) is 6.10. The number of esters is 1. The molecule has 0 radical (unpaired) electrons. The fourth-order valence-electron chi connectivity index (χ4n) is 1.95. The molecule has 0 aliphatic rings. The fraction of sp³-hybridized carbons (Fsp3) is 0.176. The van der Waals surface area contributed by atoms with Gasteiger partial charge in [-0.15, -0.1) is 0 Å². The quantitative estimate of drug-likeness (QED) is 0.305. The molecule has 0 amide bonds. The van der Waals surface area contributed by atoms with Gasteiger partial charge in [0.05, 0.1) is 10.5 Å². The second-order valence-electron chi connectivity index (χ2n) is 5.19. The first-order chi connectivity index (χ1) is 11.7. The van der Waals surface area contributed by atoms with Gasteiger partial charge in [0.25, 0.3) is 10.1 Å². The molecule has 0 bridgehead atoms. The van der Waals surface area contributed by atoms with Crippen molar-refractivity contribution >= 4 is 37.8 Å². The molecule has 0 unspecified atom stereocenters. The van der Waals surface area contributed by atoms with Crippen molar-refractivity contribution in [2.24, 2.45) is 0 Å². The Hall–Kier alpha value is -2.03. The molecule has 6 nitrogen and oxygen atoms in total. The lowest BCUT2D eigenvalue weighted by Crippen LogP contribution is -2.16. The van der Waals surface area contributed by atoms with Gasteiger partial charge in [-0.25, -0.2) is 0 Å². The molecule has 0 saturated carbocycles. The topological polar surface area (TPSA) is 86.7 Å². The van der Waals surface area contributed by atoms with Gasteiger partial charge in [-0.05, 0) is 37.3 Å². The van der Waals surface area contributed by atoms with E-state index in [-0.39, 0.29) is 16.2 Å². The molecule has 0 saturated heterocycles. The highest BCUT2D eigenvalue weighted by atomic mass is 79.9. The number of carbonyl (C=O) groups excluding carboxylic acids is 2. The van der Waals surface area contributed by atoms with Gasteiger partial charge in [0.1, 0.15) is 12.4 Å². The van der Waals surface area contributed by atoms with Gasteiger partial charge < -0.3 is 4.74 Å². The maximum atomic E-state index is 12.3. The maximum Gasteiger partial charge on any atom is 0.308 e. The van der Waals surface area contributed by atoms with E-state index in [2.05, 4.69) is 15.9 Å². The number of Topliss-reactive ketones (excluding diaryl/α,β-unsaturated/α-hetero) is 1. The van der Waals surface area contributed by atoms with Crippen molar-refractivity contribution in [1.29, 1.82) is 0 Å². The minimum atomic E-state index is -4.07. The van der Waals surface area contributed by atoms with Crippen LogP contribution >= 0.6 is 15.9 Å². The average Bonchev–Trinajstić information content (AvgIpc) is 2.54. The molecule has 0 aliphatic heterocycles. The molecule has 0 N–H and O–H groups in total. The van der Waals surface area contributed by atoms with E-state index >= 15 is 0 Å². The Labute approximate surface area is 154 Å². The second kappa shape index (κ2) is 7.90. The maximum absolute atomic E-state index is 12.3. The Morgan fingerprint density at radius 1 is 1.08 bits per heavy atom. The molecule has 2 aromatic carbocycles. The summed E-state index contributed by atoms with van der Waals surface area (Å²) >= 11 is 3.21. The van der Waals surface area contributed by atoms with Crippen molar-refractivity contribution in [3.63, 3.8) is 0 Å². The monoisotopic (exact) mass is 426 g/mol. The minimum absolute atomic E-state index is 0.0389. The lowest BCUT2D eigenvalue weighted by molar-refractivity contribution is -0.131. The van der Waals surface area contributed by atoms with Crippen LogP contribution in [-0.2, 0) is 19.1 Å². The summed E-state index contributed by atoms with van der Waals surface area (Å²) in [5, 5.41) is 0. The molecular formula is C17H15BrO6S. The summed E-state index contributed by atoms with van der Waals surface area (Å²) in [5.41, 5.74) is 0.943. The Morgan fingerprint density at radius 3 is 2.32 bits per heavy atom. The summed E-state index contributed by atoms with van der Waals surface area (Å²) in [7, 11) is -4.07. The minimum Gasteiger partial charge on any atom is -0.426 e. The summed E-state index contributed by atoms with van der Waals surface area (Å²) in [6.07, 6.45) is 0. The van der Waals surface area contributed by atoms with Gasteiger partial charge in [-0.2, -0.15) is 8.42 Å². The molecule has 0 aliphatic carbocycles. The summed E-state index contributed by atoms with van der Waals surface area (Å²) in [6.45, 7) is 2.32. The van der Waals surface area contributed by atoms with Crippen LogP contribution in [0.3, 0.4) is 0 Å². The van der Waals surface area contributed by atoms with Crippen LogP contribution in [0.1, 0.15) is 22.8 Å². The zero-order chi connectivity index (χ0) is 18.6. The van der Waals surface area contributed by atoms with E-state index in [1.54, 1.807) is 18.2 Å². The normalized spacial score (nSPS) is 11.2. The van der Waals surface area contributed by atoms with E-state index in [0.717, 1.165) is 5.56 Å². The number of ketones is 1. The molecule has 0 spiro atoms. The van der Waals surface area contributed by atoms with Gasteiger partial charge in [-0.1, -0.05) is 33.6 Å². The van der Waals surface area contributed by atoms with E-state index in [1.165, 1.54) is 31.2 Å². The van der Waals surface area contributed by atoms with Crippen LogP contribution in [0.4, 0.5) is 0 Å². The van der Waals surface area contributed by atoms with Crippen LogP contribution in [-0.4, -0.2) is 26.8 Å². The van der Waals surface area contributed by atoms with Crippen LogP contribution in [0.15, 0.2) is 51.8 Å². The molecule has 132 valence electrons. The van der Waals surface area contributed by atoms with Gasteiger partial charge in [-0.3, -0.25) is 13.8 Å². The number of rotatable bonds is 6. The van der Waals surface area contributed by atoms with E-state index in [4.69, 9.17) is 8.92 Å². The Morgan fingerprint density at radius 2 is 1.72 bits per heavy atom. The number of carbonyl (C=O) groups is 2. The first kappa shape index (κ1) is 19.3. The Bertz CT molecular complexity index is 903. The summed E-state index contributed by atoms with van der Waals surface area (Å²) < 4.78 is 34.7. The van der Waals surface area contributed by atoms with Crippen LogP contribution in [0.5, 0.6) is 5.75 Å². The summed E-state index contributed by atoms with van der Waals surface area (Å²) in [5.74, 6) is -1.19. The Balaban J connectivity index is 2.18. The van der Waals surface area contributed by atoms with Gasteiger partial charge in [0.15, 0.2) is 5.78 Å². The van der Waals surface area contributed by atoms with E-state index < -0.39 is 28.5 Å². The highest BCUT2D eigenvalue weighted by molar-refractivity contribution is 9.10. The third-order valence-corrected chi connectivity index (χ3v) is 4.92. The van der Waals surface area contributed by atoms with Crippen LogP contribution in [0.25, 0.3) is 0 Å².